The van der Waals surface area contributed by atoms with Gasteiger partial charge in [-0.05, 0) is 30.9 Å². The molecule has 0 spiro atoms. The van der Waals surface area contributed by atoms with E-state index >= 15 is 0 Å². The van der Waals surface area contributed by atoms with Crippen LogP contribution in [0.4, 0.5) is 0 Å². The van der Waals surface area contributed by atoms with E-state index in [4.69, 9.17) is 5.73 Å². The fourth-order valence-electron chi connectivity index (χ4n) is 2.42. The normalized spacial score (nSPS) is 18.6. The number of aromatic amines is 1. The van der Waals surface area contributed by atoms with Gasteiger partial charge in [-0.2, -0.15) is 0 Å². The highest BCUT2D eigenvalue weighted by Gasteiger charge is 2.28. The third kappa shape index (κ3) is 1.72. The lowest BCUT2D eigenvalue weighted by Gasteiger charge is -2.31. The van der Waals surface area contributed by atoms with E-state index < -0.39 is 0 Å². The molecule has 0 radical (unpaired) electrons. The minimum atomic E-state index is -0.0220. The lowest BCUT2D eigenvalue weighted by molar-refractivity contribution is 0.416. The van der Waals surface area contributed by atoms with Crippen molar-refractivity contribution in [1.29, 1.82) is 0 Å². The van der Waals surface area contributed by atoms with Gasteiger partial charge in [-0.3, -0.25) is 4.79 Å². The van der Waals surface area contributed by atoms with Crippen LogP contribution in [0.3, 0.4) is 0 Å². The first-order valence-corrected chi connectivity index (χ1v) is 5.50. The van der Waals surface area contributed by atoms with Gasteiger partial charge in [0.15, 0.2) is 0 Å². The number of H-pyrrole nitrogens is 1. The lowest BCUT2D eigenvalue weighted by atomic mass is 9.76. The summed E-state index contributed by atoms with van der Waals surface area (Å²) in [5.41, 5.74) is 8.68. The second kappa shape index (κ2) is 3.49. The van der Waals surface area contributed by atoms with Crippen LogP contribution in [0.15, 0.2) is 10.9 Å². The maximum atomic E-state index is 11.7. The van der Waals surface area contributed by atoms with Gasteiger partial charge in [0, 0.05) is 23.2 Å². The van der Waals surface area contributed by atoms with E-state index in [-0.39, 0.29) is 11.0 Å². The van der Waals surface area contributed by atoms with E-state index in [0.29, 0.717) is 12.1 Å². The van der Waals surface area contributed by atoms with Crippen molar-refractivity contribution in [3.05, 3.63) is 33.2 Å². The van der Waals surface area contributed by atoms with Crippen LogP contribution in [0, 0.1) is 0 Å². The average molecular weight is 206 g/mol. The quantitative estimate of drug-likeness (QED) is 0.730. The molecule has 1 aromatic heterocycles. The molecule has 2 rings (SSSR count). The Morgan fingerprint density at radius 3 is 2.93 bits per heavy atom. The number of rotatable bonds is 1. The molecule has 1 aliphatic rings. The highest BCUT2D eigenvalue weighted by molar-refractivity contribution is 5.32. The highest BCUT2D eigenvalue weighted by Crippen LogP contribution is 2.34. The molecule has 0 aliphatic heterocycles. The molecule has 0 aromatic carbocycles. The summed E-state index contributed by atoms with van der Waals surface area (Å²) in [7, 11) is 0. The van der Waals surface area contributed by atoms with Crippen molar-refractivity contribution in [3.63, 3.8) is 0 Å². The van der Waals surface area contributed by atoms with E-state index in [2.05, 4.69) is 18.8 Å². The van der Waals surface area contributed by atoms with Crippen LogP contribution < -0.4 is 11.3 Å². The van der Waals surface area contributed by atoms with Gasteiger partial charge in [-0.25, -0.2) is 0 Å². The van der Waals surface area contributed by atoms with Gasteiger partial charge in [0.1, 0.15) is 0 Å². The van der Waals surface area contributed by atoms with Gasteiger partial charge >= 0.3 is 0 Å². The number of pyridine rings is 1. The molecule has 1 heterocycles. The number of aromatic nitrogens is 1. The largest absolute Gasteiger partial charge is 0.326 e. The fourth-order valence-corrected chi connectivity index (χ4v) is 2.42. The van der Waals surface area contributed by atoms with Crippen LogP contribution >= 0.6 is 0 Å². The molecular weight excluding hydrogens is 188 g/mol. The summed E-state index contributed by atoms with van der Waals surface area (Å²) >= 11 is 0. The molecule has 15 heavy (non-hydrogen) atoms. The Morgan fingerprint density at radius 1 is 1.53 bits per heavy atom. The highest BCUT2D eigenvalue weighted by atomic mass is 16.1. The summed E-state index contributed by atoms with van der Waals surface area (Å²) < 4.78 is 0. The number of hydrogen-bond acceptors (Lipinski definition) is 2. The van der Waals surface area contributed by atoms with Gasteiger partial charge in [0.05, 0.1) is 0 Å². The van der Waals surface area contributed by atoms with E-state index in [1.165, 1.54) is 12.0 Å². The Hall–Kier alpha value is -1.09. The fraction of sp³-hybridized carbons (Fsp3) is 0.583. The van der Waals surface area contributed by atoms with Crippen molar-refractivity contribution < 1.29 is 0 Å². The average Bonchev–Trinajstić information content (AvgIpc) is 2.18. The topological polar surface area (TPSA) is 58.9 Å². The Morgan fingerprint density at radius 2 is 2.27 bits per heavy atom. The second-order valence-corrected chi connectivity index (χ2v) is 4.97. The predicted octanol–water partition coefficient (Wildman–Crippen LogP) is 1.45. The zero-order valence-corrected chi connectivity index (χ0v) is 9.39. The van der Waals surface area contributed by atoms with Gasteiger partial charge in [-0.1, -0.05) is 13.8 Å². The van der Waals surface area contributed by atoms with Crippen LogP contribution in [0.5, 0.6) is 0 Å². The van der Waals surface area contributed by atoms with Gasteiger partial charge in [0.25, 0.3) is 5.56 Å². The molecule has 0 atom stereocenters. The van der Waals surface area contributed by atoms with Crippen LogP contribution in [-0.4, -0.2) is 4.98 Å². The summed E-state index contributed by atoms with van der Waals surface area (Å²) in [5.74, 6) is 0. The minimum Gasteiger partial charge on any atom is -0.326 e. The third-order valence-corrected chi connectivity index (χ3v) is 3.34. The number of nitrogens with one attached hydrogen (secondary N) is 1. The Bertz CT molecular complexity index is 432. The van der Waals surface area contributed by atoms with Gasteiger partial charge in [0.2, 0.25) is 0 Å². The number of hydrogen-bond donors (Lipinski definition) is 2. The van der Waals surface area contributed by atoms with Crippen molar-refractivity contribution in [2.75, 3.05) is 0 Å². The van der Waals surface area contributed by atoms with Crippen LogP contribution in [0.2, 0.25) is 0 Å². The molecule has 0 amide bonds. The molecule has 0 fully saturated rings. The van der Waals surface area contributed by atoms with E-state index in [0.717, 1.165) is 18.5 Å². The zero-order valence-electron chi connectivity index (χ0n) is 9.39. The number of nitrogens with two attached hydrogens (primary N) is 1. The van der Waals surface area contributed by atoms with Crippen molar-refractivity contribution >= 4 is 0 Å². The zero-order chi connectivity index (χ0) is 11.1. The SMILES string of the molecule is CC1(C)CCCc2cc(CN)c(=O)[nH]c21. The third-order valence-electron chi connectivity index (χ3n) is 3.34. The van der Waals surface area contributed by atoms with Crippen LogP contribution in [-0.2, 0) is 18.4 Å². The first kappa shape index (κ1) is 10.4. The molecule has 0 bridgehead atoms. The van der Waals surface area contributed by atoms with Crippen molar-refractivity contribution in [1.82, 2.24) is 4.98 Å². The number of fused-ring (bicyclic) bond motifs is 1. The molecule has 1 aromatic rings. The monoisotopic (exact) mass is 206 g/mol. The smallest absolute Gasteiger partial charge is 0.252 e. The summed E-state index contributed by atoms with van der Waals surface area (Å²) in [5, 5.41) is 0. The second-order valence-electron chi connectivity index (χ2n) is 4.97. The van der Waals surface area contributed by atoms with Gasteiger partial charge in [-0.15, -0.1) is 0 Å². The molecule has 3 nitrogen and oxygen atoms in total. The Kier molecular flexibility index (Phi) is 2.43. The van der Waals surface area contributed by atoms with Gasteiger partial charge < -0.3 is 10.7 Å². The molecule has 0 unspecified atom stereocenters. The summed E-state index contributed by atoms with van der Waals surface area (Å²) in [6.07, 6.45) is 3.39. The van der Waals surface area contributed by atoms with Crippen molar-refractivity contribution in [3.8, 4) is 0 Å². The van der Waals surface area contributed by atoms with Crippen LogP contribution in [0.25, 0.3) is 0 Å². The molecule has 3 heteroatoms. The van der Waals surface area contributed by atoms with E-state index in [1.54, 1.807) is 0 Å². The van der Waals surface area contributed by atoms with E-state index in [1.807, 2.05) is 6.07 Å². The standard InChI is InChI=1S/C12H18N2O/c1-12(2)5-3-4-8-6-9(7-13)11(15)14-10(8)12/h6H,3-5,7,13H2,1-2H3,(H,14,15). The van der Waals surface area contributed by atoms with E-state index in [9.17, 15) is 4.79 Å². The Balaban J connectivity index is 2.60. The first-order valence-electron chi connectivity index (χ1n) is 5.50. The summed E-state index contributed by atoms with van der Waals surface area (Å²) in [4.78, 5) is 14.7. The summed E-state index contributed by atoms with van der Waals surface area (Å²) in [6, 6.07) is 1.98. The predicted molar refractivity (Wildman–Crippen MR) is 60.9 cm³/mol. The molecule has 82 valence electrons. The summed E-state index contributed by atoms with van der Waals surface area (Å²) in [6.45, 7) is 4.69. The van der Waals surface area contributed by atoms with Crippen molar-refractivity contribution in [2.45, 2.75) is 45.1 Å². The molecule has 3 N–H and O–H groups in total. The van der Waals surface area contributed by atoms with Crippen molar-refractivity contribution in [2.24, 2.45) is 5.73 Å². The number of aryl methyl sites for hydroxylation is 1. The molecule has 0 saturated heterocycles. The maximum Gasteiger partial charge on any atom is 0.252 e. The minimum absolute atomic E-state index is 0.0220. The lowest BCUT2D eigenvalue weighted by Crippen LogP contribution is -2.30. The molecular formula is C12H18N2O. The molecule has 1 aliphatic carbocycles. The first-order chi connectivity index (χ1) is 7.04. The maximum absolute atomic E-state index is 11.7. The Labute approximate surface area is 89.7 Å². The van der Waals surface area contributed by atoms with Crippen LogP contribution in [0.1, 0.15) is 43.5 Å². The molecule has 0 saturated carbocycles.